The molecule has 23 heavy (non-hydrogen) atoms. The van der Waals surface area contributed by atoms with E-state index in [1.54, 1.807) is 0 Å². The van der Waals surface area contributed by atoms with Crippen LogP contribution in [0.5, 0.6) is 0 Å². The molecule has 5 heteroatoms. The van der Waals surface area contributed by atoms with Gasteiger partial charge in [-0.15, -0.1) is 5.10 Å². The lowest BCUT2D eigenvalue weighted by Crippen LogP contribution is -2.21. The number of halogens is 1. The normalized spacial score (nSPS) is 14.2. The molecule has 0 atom stereocenters. The van der Waals surface area contributed by atoms with Crippen LogP contribution in [0, 0.1) is 6.92 Å². The summed E-state index contributed by atoms with van der Waals surface area (Å²) in [6, 6.07) is 15.1. The molecule has 116 valence electrons. The van der Waals surface area contributed by atoms with Crippen molar-refractivity contribution in [2.45, 2.75) is 26.6 Å². The van der Waals surface area contributed by atoms with Crippen molar-refractivity contribution in [1.82, 2.24) is 19.9 Å². The van der Waals surface area contributed by atoms with Gasteiger partial charge in [0.25, 0.3) is 0 Å². The van der Waals surface area contributed by atoms with E-state index in [9.17, 15) is 0 Å². The molecule has 0 N–H and O–H groups in total. The van der Waals surface area contributed by atoms with E-state index in [0.29, 0.717) is 0 Å². The van der Waals surface area contributed by atoms with E-state index in [0.717, 1.165) is 35.5 Å². The highest BCUT2D eigenvalue weighted by Crippen LogP contribution is 2.27. The molecule has 4 nitrogen and oxygen atoms in total. The number of hydrogen-bond donors (Lipinski definition) is 0. The Bertz CT molecular complexity index is 838. The molecular formula is C18H17BrN4. The van der Waals surface area contributed by atoms with E-state index in [-0.39, 0.29) is 0 Å². The lowest BCUT2D eigenvalue weighted by Gasteiger charge is -2.20. The molecule has 0 unspecified atom stereocenters. The molecule has 2 heterocycles. The van der Waals surface area contributed by atoms with Crippen molar-refractivity contribution in [3.8, 4) is 5.69 Å². The van der Waals surface area contributed by atoms with Gasteiger partial charge in [0.05, 0.1) is 17.6 Å². The maximum Gasteiger partial charge on any atom is 0.0786 e. The highest BCUT2D eigenvalue weighted by molar-refractivity contribution is 9.10. The summed E-state index contributed by atoms with van der Waals surface area (Å²) in [4.78, 5) is 2.43. The highest BCUT2D eigenvalue weighted by Gasteiger charge is 2.20. The van der Waals surface area contributed by atoms with Gasteiger partial charge >= 0.3 is 0 Å². The van der Waals surface area contributed by atoms with E-state index in [1.165, 1.54) is 16.7 Å². The van der Waals surface area contributed by atoms with Gasteiger partial charge in [-0.1, -0.05) is 57.0 Å². The zero-order valence-corrected chi connectivity index (χ0v) is 14.5. The summed E-state index contributed by atoms with van der Waals surface area (Å²) in [5, 5.41) is 8.37. The Morgan fingerprint density at radius 3 is 2.74 bits per heavy atom. The predicted molar refractivity (Wildman–Crippen MR) is 93.2 cm³/mol. The smallest absolute Gasteiger partial charge is 0.0786 e. The van der Waals surface area contributed by atoms with Crippen molar-refractivity contribution in [2.24, 2.45) is 0 Å². The second kappa shape index (κ2) is 5.91. The minimum atomic E-state index is 0.840. The Hall–Kier alpha value is -1.98. The van der Waals surface area contributed by atoms with Crippen LogP contribution in [0.25, 0.3) is 5.69 Å². The summed E-state index contributed by atoms with van der Waals surface area (Å²) in [5.41, 5.74) is 6.12. The van der Waals surface area contributed by atoms with Gasteiger partial charge in [0.2, 0.25) is 0 Å². The molecule has 2 aromatic carbocycles. The highest BCUT2D eigenvalue weighted by atomic mass is 79.9. The van der Waals surface area contributed by atoms with Crippen LogP contribution in [0.3, 0.4) is 0 Å². The van der Waals surface area contributed by atoms with E-state index < -0.39 is 0 Å². The molecule has 3 aromatic rings. The van der Waals surface area contributed by atoms with Crippen LogP contribution in [0.4, 0.5) is 0 Å². The van der Waals surface area contributed by atoms with Crippen molar-refractivity contribution in [2.75, 3.05) is 0 Å². The summed E-state index contributed by atoms with van der Waals surface area (Å²) < 4.78 is 3.01. The Morgan fingerprint density at radius 2 is 1.91 bits per heavy atom. The van der Waals surface area contributed by atoms with Crippen molar-refractivity contribution >= 4 is 15.9 Å². The number of hydrogen-bond acceptors (Lipinski definition) is 3. The minimum absolute atomic E-state index is 0.840. The Kier molecular flexibility index (Phi) is 3.75. The summed E-state index contributed by atoms with van der Waals surface area (Å²) in [7, 11) is 0. The molecule has 1 aliphatic heterocycles. The van der Waals surface area contributed by atoms with Gasteiger partial charge in [0.1, 0.15) is 0 Å². The maximum absolute atomic E-state index is 4.27. The molecule has 0 amide bonds. The van der Waals surface area contributed by atoms with Crippen LogP contribution in [0.15, 0.2) is 53.1 Å². The zero-order valence-electron chi connectivity index (χ0n) is 12.9. The number of aryl methyl sites for hydroxylation is 1. The van der Waals surface area contributed by atoms with Gasteiger partial charge in [-0.05, 0) is 30.2 Å². The summed E-state index contributed by atoms with van der Waals surface area (Å²) in [6.07, 6.45) is 1.86. The molecule has 0 radical (unpaired) electrons. The standard InChI is InChI=1S/C18H17BrN4/c1-13-2-4-14(5-3-13)10-22-11-15-6-7-16(19)8-18(15)23-17(12-22)9-20-21-23/h2-9H,10-12H2,1H3. The average molecular weight is 369 g/mol. The van der Waals surface area contributed by atoms with Crippen LogP contribution in [-0.2, 0) is 19.6 Å². The van der Waals surface area contributed by atoms with E-state index in [2.05, 4.69) is 80.5 Å². The fraction of sp³-hybridized carbons (Fsp3) is 0.222. The topological polar surface area (TPSA) is 34.0 Å². The largest absolute Gasteiger partial charge is 0.289 e. The van der Waals surface area contributed by atoms with Gasteiger partial charge in [-0.3, -0.25) is 4.90 Å². The first-order valence-electron chi connectivity index (χ1n) is 7.65. The predicted octanol–water partition coefficient (Wildman–Crippen LogP) is 3.85. The lowest BCUT2D eigenvalue weighted by atomic mass is 10.1. The molecule has 0 aliphatic carbocycles. The second-order valence-corrected chi connectivity index (χ2v) is 6.96. The molecule has 0 spiro atoms. The fourth-order valence-electron chi connectivity index (χ4n) is 3.02. The summed E-state index contributed by atoms with van der Waals surface area (Å²) >= 11 is 3.56. The first-order valence-corrected chi connectivity index (χ1v) is 8.44. The Morgan fingerprint density at radius 1 is 1.09 bits per heavy atom. The van der Waals surface area contributed by atoms with Crippen molar-refractivity contribution < 1.29 is 0 Å². The molecule has 1 aromatic heterocycles. The molecule has 0 bridgehead atoms. The first kappa shape index (κ1) is 14.6. The average Bonchev–Trinajstić information content (AvgIpc) is 2.94. The Labute approximate surface area is 143 Å². The maximum atomic E-state index is 4.27. The Balaban J connectivity index is 1.69. The minimum Gasteiger partial charge on any atom is -0.289 e. The zero-order chi connectivity index (χ0) is 15.8. The molecular weight excluding hydrogens is 352 g/mol. The SMILES string of the molecule is Cc1ccc(CN2Cc3ccc(Br)cc3-n3nncc3C2)cc1. The van der Waals surface area contributed by atoms with E-state index in [1.807, 2.05) is 10.9 Å². The van der Waals surface area contributed by atoms with Crippen molar-refractivity contribution in [3.63, 3.8) is 0 Å². The third-order valence-electron chi connectivity index (χ3n) is 4.20. The third kappa shape index (κ3) is 2.94. The van der Waals surface area contributed by atoms with Gasteiger partial charge in [-0.2, -0.15) is 0 Å². The molecule has 0 saturated carbocycles. The molecule has 4 rings (SSSR count). The van der Waals surface area contributed by atoms with Crippen LogP contribution in [0.2, 0.25) is 0 Å². The van der Waals surface area contributed by atoms with Crippen LogP contribution in [0.1, 0.15) is 22.4 Å². The number of rotatable bonds is 2. The van der Waals surface area contributed by atoms with E-state index in [4.69, 9.17) is 0 Å². The number of aromatic nitrogens is 3. The number of benzene rings is 2. The van der Waals surface area contributed by atoms with Crippen LogP contribution >= 0.6 is 15.9 Å². The van der Waals surface area contributed by atoms with Crippen molar-refractivity contribution in [1.29, 1.82) is 0 Å². The second-order valence-electron chi connectivity index (χ2n) is 6.04. The number of nitrogens with zero attached hydrogens (tertiary/aromatic N) is 4. The number of fused-ring (bicyclic) bond motifs is 3. The van der Waals surface area contributed by atoms with Gasteiger partial charge in [0.15, 0.2) is 0 Å². The van der Waals surface area contributed by atoms with Gasteiger partial charge in [0, 0.05) is 24.1 Å². The summed E-state index contributed by atoms with van der Waals surface area (Å²) in [5.74, 6) is 0. The van der Waals surface area contributed by atoms with Crippen LogP contribution in [-0.4, -0.2) is 19.9 Å². The molecule has 0 fully saturated rings. The lowest BCUT2D eigenvalue weighted by molar-refractivity contribution is 0.248. The fourth-order valence-corrected chi connectivity index (χ4v) is 3.37. The first-order chi connectivity index (χ1) is 11.2. The van der Waals surface area contributed by atoms with E-state index >= 15 is 0 Å². The van der Waals surface area contributed by atoms with Gasteiger partial charge in [-0.25, -0.2) is 4.68 Å². The monoisotopic (exact) mass is 368 g/mol. The quantitative estimate of drug-likeness (QED) is 0.688. The van der Waals surface area contributed by atoms with Gasteiger partial charge < -0.3 is 0 Å². The molecule has 1 aliphatic rings. The third-order valence-corrected chi connectivity index (χ3v) is 4.70. The molecule has 0 saturated heterocycles. The van der Waals surface area contributed by atoms with Crippen LogP contribution < -0.4 is 0 Å². The summed E-state index contributed by atoms with van der Waals surface area (Å²) in [6.45, 7) is 4.78. The van der Waals surface area contributed by atoms with Crippen molar-refractivity contribution in [3.05, 3.63) is 75.5 Å².